The zero-order valence-electron chi connectivity index (χ0n) is 14.5. The molecule has 1 heterocycles. The highest BCUT2D eigenvalue weighted by atomic mass is 16.5. The average Bonchev–Trinajstić information content (AvgIpc) is 2.95. The molecule has 1 aromatic heterocycles. The van der Waals surface area contributed by atoms with Gasteiger partial charge in [-0.05, 0) is 43.0 Å². The van der Waals surface area contributed by atoms with E-state index in [1.807, 2.05) is 38.1 Å². The minimum atomic E-state index is -0.276. The summed E-state index contributed by atoms with van der Waals surface area (Å²) in [6.45, 7) is 6.24. The molecular formula is C18H24N2O4. The van der Waals surface area contributed by atoms with Crippen LogP contribution < -0.4 is 10.1 Å². The van der Waals surface area contributed by atoms with Crippen molar-refractivity contribution < 1.29 is 19.1 Å². The highest BCUT2D eigenvalue weighted by Gasteiger charge is 2.22. The fourth-order valence-corrected chi connectivity index (χ4v) is 2.26. The lowest BCUT2D eigenvalue weighted by molar-refractivity contribution is 0.0922. The smallest absolute Gasteiger partial charge is 0.273 e. The number of nitrogens with one attached hydrogen (secondary N) is 1. The Kier molecular flexibility index (Phi) is 5.62. The van der Waals surface area contributed by atoms with E-state index in [0.29, 0.717) is 24.6 Å². The molecule has 2 rings (SSSR count). The minimum Gasteiger partial charge on any atom is -0.497 e. The van der Waals surface area contributed by atoms with E-state index in [4.69, 9.17) is 14.3 Å². The maximum absolute atomic E-state index is 12.3. The number of oxazole rings is 1. The van der Waals surface area contributed by atoms with Gasteiger partial charge in [-0.2, -0.15) is 0 Å². The zero-order valence-corrected chi connectivity index (χ0v) is 14.5. The first-order valence-corrected chi connectivity index (χ1v) is 7.87. The van der Waals surface area contributed by atoms with Gasteiger partial charge in [0.2, 0.25) is 5.89 Å². The Bertz CT molecular complexity index is 690. The molecule has 0 aliphatic rings. The lowest BCUT2D eigenvalue weighted by Crippen LogP contribution is -2.35. The highest BCUT2D eigenvalue weighted by Crippen LogP contribution is 2.24. The van der Waals surface area contributed by atoms with Gasteiger partial charge >= 0.3 is 0 Å². The number of hydrogen-bond donors (Lipinski definition) is 2. The van der Waals surface area contributed by atoms with E-state index in [9.17, 15) is 4.79 Å². The number of amides is 1. The topological polar surface area (TPSA) is 84.6 Å². The standard InChI is InChI=1S/C18H24N2O4/c1-12-15(16(22)19-11-18(2,3)9-10-21)20-17(24-12)13-5-7-14(23-4)8-6-13/h5-8,21H,9-11H2,1-4H3,(H,19,22). The van der Waals surface area contributed by atoms with Gasteiger partial charge in [0.25, 0.3) is 5.91 Å². The molecule has 0 bridgehead atoms. The van der Waals surface area contributed by atoms with E-state index in [2.05, 4.69) is 10.3 Å². The van der Waals surface area contributed by atoms with Gasteiger partial charge < -0.3 is 19.6 Å². The molecule has 24 heavy (non-hydrogen) atoms. The van der Waals surface area contributed by atoms with Gasteiger partial charge in [0, 0.05) is 18.7 Å². The molecule has 0 spiro atoms. The van der Waals surface area contributed by atoms with E-state index in [1.54, 1.807) is 14.0 Å². The molecule has 0 aliphatic carbocycles. The van der Waals surface area contributed by atoms with Crippen LogP contribution >= 0.6 is 0 Å². The molecule has 6 nitrogen and oxygen atoms in total. The minimum absolute atomic E-state index is 0.0908. The number of aliphatic hydroxyl groups is 1. The van der Waals surface area contributed by atoms with Crippen molar-refractivity contribution in [2.75, 3.05) is 20.3 Å². The van der Waals surface area contributed by atoms with Gasteiger partial charge in [-0.3, -0.25) is 4.79 Å². The van der Waals surface area contributed by atoms with Gasteiger partial charge in [-0.15, -0.1) is 0 Å². The first-order valence-electron chi connectivity index (χ1n) is 7.87. The van der Waals surface area contributed by atoms with Gasteiger partial charge in [-0.25, -0.2) is 4.98 Å². The van der Waals surface area contributed by atoms with Gasteiger partial charge in [0.1, 0.15) is 11.5 Å². The maximum atomic E-state index is 12.3. The predicted octanol–water partition coefficient (Wildman–Crippen LogP) is 2.80. The van der Waals surface area contributed by atoms with Crippen LogP contribution in [0.25, 0.3) is 11.5 Å². The second-order valence-electron chi connectivity index (χ2n) is 6.47. The van der Waals surface area contributed by atoms with Crippen LogP contribution in [0.15, 0.2) is 28.7 Å². The Labute approximate surface area is 141 Å². The van der Waals surface area contributed by atoms with Crippen molar-refractivity contribution in [3.63, 3.8) is 0 Å². The maximum Gasteiger partial charge on any atom is 0.273 e. The fraction of sp³-hybridized carbons (Fsp3) is 0.444. The van der Waals surface area contributed by atoms with E-state index >= 15 is 0 Å². The van der Waals surface area contributed by atoms with Crippen molar-refractivity contribution in [2.24, 2.45) is 5.41 Å². The van der Waals surface area contributed by atoms with Crippen molar-refractivity contribution >= 4 is 5.91 Å². The number of aliphatic hydroxyl groups excluding tert-OH is 1. The Morgan fingerprint density at radius 2 is 2.00 bits per heavy atom. The Hall–Kier alpha value is -2.34. The number of benzene rings is 1. The van der Waals surface area contributed by atoms with Crippen LogP contribution in [0.1, 0.15) is 36.5 Å². The monoisotopic (exact) mass is 332 g/mol. The molecular weight excluding hydrogens is 308 g/mol. The summed E-state index contributed by atoms with van der Waals surface area (Å²) in [5, 5.41) is 11.9. The first kappa shape index (κ1) is 18.0. The quantitative estimate of drug-likeness (QED) is 0.814. The van der Waals surface area contributed by atoms with Crippen LogP contribution in [0.2, 0.25) is 0 Å². The molecule has 2 aromatic rings. The molecule has 0 unspecified atom stereocenters. The summed E-state index contributed by atoms with van der Waals surface area (Å²) in [5.41, 5.74) is 0.875. The molecule has 6 heteroatoms. The summed E-state index contributed by atoms with van der Waals surface area (Å²) in [7, 11) is 1.60. The predicted molar refractivity (Wildman–Crippen MR) is 91.0 cm³/mol. The lowest BCUT2D eigenvalue weighted by Gasteiger charge is -2.23. The van der Waals surface area contributed by atoms with E-state index in [0.717, 1.165) is 11.3 Å². The molecule has 2 N–H and O–H groups in total. The van der Waals surface area contributed by atoms with Gasteiger partial charge in [0.05, 0.1) is 7.11 Å². The summed E-state index contributed by atoms with van der Waals surface area (Å²) in [6.07, 6.45) is 0.613. The number of hydrogen-bond acceptors (Lipinski definition) is 5. The number of carbonyl (C=O) groups excluding carboxylic acids is 1. The molecule has 1 aromatic carbocycles. The molecule has 0 aliphatic heterocycles. The largest absolute Gasteiger partial charge is 0.497 e. The molecule has 0 fully saturated rings. The fourth-order valence-electron chi connectivity index (χ4n) is 2.26. The second kappa shape index (κ2) is 7.49. The molecule has 0 saturated heterocycles. The Morgan fingerprint density at radius 1 is 1.33 bits per heavy atom. The third-order valence-electron chi connectivity index (χ3n) is 3.86. The molecule has 130 valence electrons. The number of aryl methyl sites for hydroxylation is 1. The number of ether oxygens (including phenoxy) is 1. The highest BCUT2D eigenvalue weighted by molar-refractivity contribution is 5.93. The average molecular weight is 332 g/mol. The van der Waals surface area contributed by atoms with Crippen molar-refractivity contribution in [1.82, 2.24) is 10.3 Å². The number of aromatic nitrogens is 1. The molecule has 0 radical (unpaired) electrons. The van der Waals surface area contributed by atoms with Crippen LogP contribution in [-0.2, 0) is 0 Å². The van der Waals surface area contributed by atoms with E-state index < -0.39 is 0 Å². The summed E-state index contributed by atoms with van der Waals surface area (Å²) in [6, 6.07) is 7.28. The zero-order chi connectivity index (χ0) is 17.7. The normalized spacial score (nSPS) is 11.4. The third kappa shape index (κ3) is 4.35. The SMILES string of the molecule is COc1ccc(-c2nc(C(=O)NCC(C)(C)CCO)c(C)o2)cc1. The van der Waals surface area contributed by atoms with E-state index in [-0.39, 0.29) is 23.6 Å². The molecule has 0 saturated carbocycles. The van der Waals surface area contributed by atoms with Gasteiger partial charge in [0.15, 0.2) is 5.69 Å². The van der Waals surface area contributed by atoms with Crippen LogP contribution in [0, 0.1) is 12.3 Å². The summed E-state index contributed by atoms with van der Waals surface area (Å²) < 4.78 is 10.7. The van der Waals surface area contributed by atoms with Crippen LogP contribution in [-0.4, -0.2) is 36.3 Å². The number of rotatable bonds is 7. The molecule has 0 atom stereocenters. The number of carbonyl (C=O) groups is 1. The van der Waals surface area contributed by atoms with Gasteiger partial charge in [-0.1, -0.05) is 13.8 Å². The first-order chi connectivity index (χ1) is 11.4. The third-order valence-corrected chi connectivity index (χ3v) is 3.86. The lowest BCUT2D eigenvalue weighted by atomic mass is 9.90. The summed E-state index contributed by atoms with van der Waals surface area (Å²) in [4.78, 5) is 16.7. The number of methoxy groups -OCH3 is 1. The van der Waals surface area contributed by atoms with Crippen molar-refractivity contribution in [2.45, 2.75) is 27.2 Å². The number of nitrogens with zero attached hydrogens (tertiary/aromatic N) is 1. The van der Waals surface area contributed by atoms with Crippen molar-refractivity contribution in [1.29, 1.82) is 0 Å². The van der Waals surface area contributed by atoms with Crippen molar-refractivity contribution in [3.8, 4) is 17.2 Å². The summed E-state index contributed by atoms with van der Waals surface area (Å²) >= 11 is 0. The van der Waals surface area contributed by atoms with E-state index in [1.165, 1.54) is 0 Å². The second-order valence-corrected chi connectivity index (χ2v) is 6.47. The Morgan fingerprint density at radius 3 is 2.58 bits per heavy atom. The molecule has 1 amide bonds. The van der Waals surface area contributed by atoms with Crippen LogP contribution in [0.3, 0.4) is 0 Å². The van der Waals surface area contributed by atoms with Crippen molar-refractivity contribution in [3.05, 3.63) is 35.7 Å². The Balaban J connectivity index is 2.11. The van der Waals surface area contributed by atoms with Crippen LogP contribution in [0.4, 0.5) is 0 Å². The summed E-state index contributed by atoms with van der Waals surface area (Å²) in [5.74, 6) is 1.33. The van der Waals surface area contributed by atoms with Crippen LogP contribution in [0.5, 0.6) is 5.75 Å².